The molecule has 6 heteroatoms. The summed E-state index contributed by atoms with van der Waals surface area (Å²) in [6.45, 7) is 1.87. The summed E-state index contributed by atoms with van der Waals surface area (Å²) in [5.41, 5.74) is 1.46. The molecule has 0 aliphatic heterocycles. The molecule has 0 spiro atoms. The molecule has 0 saturated carbocycles. The average Bonchev–Trinajstić information content (AvgIpc) is 2.39. The maximum absolute atomic E-state index is 12.8. The fraction of sp³-hybridized carbons (Fsp3) is 0.143. The van der Waals surface area contributed by atoms with Crippen LogP contribution in [0.4, 0.5) is 10.1 Å². The standard InChI is InChI=1S/C14H13FN2O2.Li.H/c1-9(10-2-4-11(15)5-3-10)17-13-8-16-7-6-12(13)14(18)19;;/h2-9,17H,1H3,(H,18,19);;/t9-;;/m1../s1. The summed E-state index contributed by atoms with van der Waals surface area (Å²) in [7, 11) is 0. The third kappa shape index (κ3) is 3.83. The van der Waals surface area contributed by atoms with Gasteiger partial charge in [0, 0.05) is 12.2 Å². The molecule has 0 aliphatic rings. The van der Waals surface area contributed by atoms with E-state index in [4.69, 9.17) is 5.11 Å². The number of anilines is 1. The van der Waals surface area contributed by atoms with E-state index < -0.39 is 5.97 Å². The second-order valence-corrected chi connectivity index (χ2v) is 4.14. The van der Waals surface area contributed by atoms with Crippen molar-refractivity contribution in [3.8, 4) is 0 Å². The predicted molar refractivity (Wildman–Crippen MR) is 76.8 cm³/mol. The number of nitrogens with zero attached hydrogens (tertiary/aromatic N) is 1. The number of carboxylic acids is 1. The molecule has 100 valence electrons. The first-order valence-electron chi connectivity index (χ1n) is 5.77. The molecule has 1 aromatic heterocycles. The van der Waals surface area contributed by atoms with Crippen LogP contribution in [0.2, 0.25) is 0 Å². The average molecular weight is 268 g/mol. The molecule has 1 heterocycles. The Morgan fingerprint density at radius 1 is 1.30 bits per heavy atom. The number of hydrogen-bond acceptors (Lipinski definition) is 3. The van der Waals surface area contributed by atoms with Gasteiger partial charge in [0.15, 0.2) is 0 Å². The molecule has 2 rings (SSSR count). The van der Waals surface area contributed by atoms with Crippen LogP contribution in [0, 0.1) is 5.82 Å². The van der Waals surface area contributed by atoms with Crippen molar-refractivity contribution in [3.63, 3.8) is 0 Å². The number of nitrogens with one attached hydrogen (secondary N) is 1. The zero-order valence-electron chi connectivity index (χ0n) is 10.3. The van der Waals surface area contributed by atoms with Crippen molar-refractivity contribution >= 4 is 30.5 Å². The molecule has 2 N–H and O–H groups in total. The number of hydrogen-bond donors (Lipinski definition) is 2. The van der Waals surface area contributed by atoms with Crippen LogP contribution in [0.5, 0.6) is 0 Å². The first-order chi connectivity index (χ1) is 9.08. The Hall–Kier alpha value is -1.83. The normalized spacial score (nSPS) is 11.3. The Morgan fingerprint density at radius 3 is 2.55 bits per heavy atom. The van der Waals surface area contributed by atoms with E-state index in [-0.39, 0.29) is 36.3 Å². The van der Waals surface area contributed by atoms with E-state index in [0.717, 1.165) is 5.56 Å². The quantitative estimate of drug-likeness (QED) is 0.836. The first kappa shape index (κ1) is 16.2. The monoisotopic (exact) mass is 268 g/mol. The molecule has 0 aliphatic carbocycles. The Bertz CT molecular complexity index is 590. The van der Waals surface area contributed by atoms with E-state index in [9.17, 15) is 9.18 Å². The number of benzene rings is 1. The van der Waals surface area contributed by atoms with Crippen LogP contribution in [0.15, 0.2) is 42.7 Å². The van der Waals surface area contributed by atoms with E-state index in [2.05, 4.69) is 10.3 Å². The molecule has 0 radical (unpaired) electrons. The van der Waals surface area contributed by atoms with Crippen molar-refractivity contribution in [2.75, 3.05) is 5.32 Å². The first-order valence-corrected chi connectivity index (χ1v) is 5.77. The van der Waals surface area contributed by atoms with Crippen LogP contribution in [-0.2, 0) is 0 Å². The predicted octanol–water partition coefficient (Wildman–Crippen LogP) is 2.44. The molecule has 4 nitrogen and oxygen atoms in total. The molecule has 0 saturated heterocycles. The SMILES string of the molecule is C[C@@H](Nc1cnccc1C(=O)O)c1ccc(F)cc1.[LiH]. The zero-order chi connectivity index (χ0) is 13.8. The molecule has 0 bridgehead atoms. The third-order valence-corrected chi connectivity index (χ3v) is 2.79. The maximum atomic E-state index is 12.8. The Labute approximate surface area is 128 Å². The minimum absolute atomic E-state index is 0. The molecular formula is C14H14FLiN2O2. The summed E-state index contributed by atoms with van der Waals surface area (Å²) >= 11 is 0. The van der Waals surface area contributed by atoms with Gasteiger partial charge in [-0.25, -0.2) is 9.18 Å². The third-order valence-electron chi connectivity index (χ3n) is 2.79. The van der Waals surface area contributed by atoms with Gasteiger partial charge in [-0.3, -0.25) is 4.98 Å². The van der Waals surface area contributed by atoms with Crippen molar-refractivity contribution in [1.82, 2.24) is 4.98 Å². The number of aromatic carboxylic acids is 1. The topological polar surface area (TPSA) is 62.2 Å². The van der Waals surface area contributed by atoms with Gasteiger partial charge in [-0.15, -0.1) is 0 Å². The van der Waals surface area contributed by atoms with Crippen LogP contribution in [0.3, 0.4) is 0 Å². The summed E-state index contributed by atoms with van der Waals surface area (Å²) < 4.78 is 12.8. The molecule has 2 aromatic rings. The summed E-state index contributed by atoms with van der Waals surface area (Å²) in [5.74, 6) is -1.32. The van der Waals surface area contributed by atoms with Gasteiger partial charge in [-0.1, -0.05) is 12.1 Å². The van der Waals surface area contributed by atoms with Gasteiger partial charge in [0.05, 0.1) is 17.4 Å². The minimum atomic E-state index is -1.02. The number of carbonyl (C=O) groups is 1. The van der Waals surface area contributed by atoms with Crippen molar-refractivity contribution in [3.05, 3.63) is 59.7 Å². The second-order valence-electron chi connectivity index (χ2n) is 4.14. The fourth-order valence-electron chi connectivity index (χ4n) is 1.76. The number of rotatable bonds is 4. The van der Waals surface area contributed by atoms with E-state index in [0.29, 0.717) is 5.69 Å². The summed E-state index contributed by atoms with van der Waals surface area (Å²) in [5, 5.41) is 12.1. The Morgan fingerprint density at radius 2 is 1.95 bits per heavy atom. The number of aromatic nitrogens is 1. The van der Waals surface area contributed by atoms with Crippen molar-refractivity contribution in [2.24, 2.45) is 0 Å². The van der Waals surface area contributed by atoms with Crippen LogP contribution in [0.25, 0.3) is 0 Å². The van der Waals surface area contributed by atoms with Crippen molar-refractivity contribution in [2.45, 2.75) is 13.0 Å². The molecule has 0 amide bonds. The van der Waals surface area contributed by atoms with Gasteiger partial charge in [0.1, 0.15) is 5.82 Å². The molecule has 1 atom stereocenters. The van der Waals surface area contributed by atoms with Crippen molar-refractivity contribution in [1.29, 1.82) is 0 Å². The molecule has 0 unspecified atom stereocenters. The van der Waals surface area contributed by atoms with E-state index in [1.165, 1.54) is 30.6 Å². The van der Waals surface area contributed by atoms with Gasteiger partial charge < -0.3 is 10.4 Å². The summed E-state index contributed by atoms with van der Waals surface area (Å²) in [6, 6.07) is 7.34. The van der Waals surface area contributed by atoms with Gasteiger partial charge in [-0.2, -0.15) is 0 Å². The second kappa shape index (κ2) is 7.08. The molecule has 1 aromatic carbocycles. The van der Waals surface area contributed by atoms with E-state index >= 15 is 0 Å². The van der Waals surface area contributed by atoms with Gasteiger partial charge in [0.2, 0.25) is 0 Å². The van der Waals surface area contributed by atoms with E-state index in [1.54, 1.807) is 12.1 Å². The molecule has 20 heavy (non-hydrogen) atoms. The summed E-state index contributed by atoms with van der Waals surface area (Å²) in [4.78, 5) is 15.0. The van der Waals surface area contributed by atoms with Gasteiger partial charge in [-0.05, 0) is 30.7 Å². The van der Waals surface area contributed by atoms with Crippen LogP contribution < -0.4 is 5.32 Å². The van der Waals surface area contributed by atoms with Crippen LogP contribution in [-0.4, -0.2) is 34.9 Å². The Kier molecular flexibility index (Phi) is 5.75. The van der Waals surface area contributed by atoms with Gasteiger partial charge in [0.25, 0.3) is 0 Å². The molecule has 0 fully saturated rings. The number of carboxylic acid groups (broad SMARTS) is 1. The van der Waals surface area contributed by atoms with Crippen LogP contribution in [0.1, 0.15) is 28.9 Å². The Balaban J connectivity index is 0.00000200. The summed E-state index contributed by atoms with van der Waals surface area (Å²) in [6.07, 6.45) is 2.89. The van der Waals surface area contributed by atoms with Crippen molar-refractivity contribution < 1.29 is 14.3 Å². The zero-order valence-corrected chi connectivity index (χ0v) is 10.3. The fourth-order valence-corrected chi connectivity index (χ4v) is 1.76. The van der Waals surface area contributed by atoms with E-state index in [1.807, 2.05) is 6.92 Å². The van der Waals surface area contributed by atoms with Gasteiger partial charge >= 0.3 is 24.8 Å². The molecular weight excluding hydrogens is 254 g/mol. The number of pyridine rings is 1. The van der Waals surface area contributed by atoms with Crippen LogP contribution >= 0.6 is 0 Å². The number of halogens is 1.